The number of halogens is 1. The van der Waals surface area contributed by atoms with Gasteiger partial charge >= 0.3 is 0 Å². The maximum atomic E-state index is 13.1. The molecule has 1 saturated heterocycles. The minimum absolute atomic E-state index is 0.0195. The van der Waals surface area contributed by atoms with Crippen LogP contribution in [-0.2, 0) is 0 Å². The number of ketones is 1. The molecule has 0 bridgehead atoms. The summed E-state index contributed by atoms with van der Waals surface area (Å²) >= 11 is 0. The fraction of sp³-hybridized carbons (Fsp3) is 0.462. The monoisotopic (exact) mass is 221 g/mol. The molecule has 2 rings (SSSR count). The summed E-state index contributed by atoms with van der Waals surface area (Å²) in [6, 6.07) is 4.59. The van der Waals surface area contributed by atoms with Gasteiger partial charge in [0.15, 0.2) is 5.78 Å². The molecule has 1 N–H and O–H groups in total. The van der Waals surface area contributed by atoms with E-state index in [9.17, 15) is 9.18 Å². The molecule has 0 amide bonds. The summed E-state index contributed by atoms with van der Waals surface area (Å²) in [4.78, 5) is 12.1. The van der Waals surface area contributed by atoms with Crippen molar-refractivity contribution in [2.75, 3.05) is 13.1 Å². The van der Waals surface area contributed by atoms with Gasteiger partial charge in [-0.2, -0.15) is 0 Å². The zero-order valence-electron chi connectivity index (χ0n) is 9.59. The van der Waals surface area contributed by atoms with Crippen molar-refractivity contribution in [3.8, 4) is 0 Å². The van der Waals surface area contributed by atoms with Crippen LogP contribution in [0.1, 0.15) is 22.8 Å². The molecular formula is C13H16FNO. The van der Waals surface area contributed by atoms with Gasteiger partial charge in [-0.1, -0.05) is 6.92 Å². The summed E-state index contributed by atoms with van der Waals surface area (Å²) in [5, 5.41) is 3.16. The lowest BCUT2D eigenvalue weighted by Crippen LogP contribution is -2.47. The molecular weight excluding hydrogens is 205 g/mol. The third kappa shape index (κ3) is 2.00. The van der Waals surface area contributed by atoms with E-state index in [1.54, 1.807) is 19.1 Å². The molecule has 2 nitrogen and oxygen atoms in total. The first-order valence-corrected chi connectivity index (χ1v) is 5.60. The number of hydrogen-bond donors (Lipinski definition) is 1. The molecule has 16 heavy (non-hydrogen) atoms. The maximum absolute atomic E-state index is 13.1. The Morgan fingerprint density at radius 1 is 1.50 bits per heavy atom. The van der Waals surface area contributed by atoms with Crippen LogP contribution < -0.4 is 5.32 Å². The van der Waals surface area contributed by atoms with Crippen molar-refractivity contribution in [3.63, 3.8) is 0 Å². The Morgan fingerprint density at radius 3 is 2.69 bits per heavy atom. The largest absolute Gasteiger partial charge is 0.316 e. The van der Waals surface area contributed by atoms with E-state index in [0.29, 0.717) is 17.0 Å². The predicted octanol–water partition coefficient (Wildman–Crippen LogP) is 2.17. The Kier molecular flexibility index (Phi) is 3.06. The Hall–Kier alpha value is -1.22. The number of benzene rings is 1. The van der Waals surface area contributed by atoms with Crippen molar-refractivity contribution in [1.82, 2.24) is 5.32 Å². The van der Waals surface area contributed by atoms with Crippen LogP contribution in [0.5, 0.6) is 0 Å². The van der Waals surface area contributed by atoms with Gasteiger partial charge in [-0.05, 0) is 49.7 Å². The van der Waals surface area contributed by atoms with Crippen molar-refractivity contribution >= 4 is 5.78 Å². The van der Waals surface area contributed by atoms with E-state index in [-0.39, 0.29) is 17.5 Å². The summed E-state index contributed by atoms with van der Waals surface area (Å²) in [6.07, 6.45) is 0. The zero-order valence-corrected chi connectivity index (χ0v) is 9.59. The van der Waals surface area contributed by atoms with Crippen LogP contribution in [0.25, 0.3) is 0 Å². The van der Waals surface area contributed by atoms with E-state index < -0.39 is 0 Å². The average molecular weight is 221 g/mol. The normalized spacial score (nSPS) is 17.9. The molecule has 0 saturated carbocycles. The SMILES string of the molecule is Cc1cc(C(=O)C(C)C2CNC2)ccc1F. The van der Waals surface area contributed by atoms with E-state index >= 15 is 0 Å². The van der Waals surface area contributed by atoms with E-state index in [4.69, 9.17) is 0 Å². The van der Waals surface area contributed by atoms with Gasteiger partial charge in [0.25, 0.3) is 0 Å². The second kappa shape index (κ2) is 4.34. The van der Waals surface area contributed by atoms with Crippen molar-refractivity contribution in [1.29, 1.82) is 0 Å². The smallest absolute Gasteiger partial charge is 0.166 e. The predicted molar refractivity (Wildman–Crippen MR) is 61.0 cm³/mol. The van der Waals surface area contributed by atoms with Crippen LogP contribution in [0.15, 0.2) is 18.2 Å². The standard InChI is InChI=1S/C13H16FNO/c1-8-5-10(3-4-12(8)14)13(16)9(2)11-6-15-7-11/h3-5,9,11,15H,6-7H2,1-2H3. The highest BCUT2D eigenvalue weighted by atomic mass is 19.1. The summed E-state index contributed by atoms with van der Waals surface area (Å²) in [5.41, 5.74) is 1.16. The lowest BCUT2D eigenvalue weighted by atomic mass is 9.83. The number of nitrogens with one attached hydrogen (secondary N) is 1. The van der Waals surface area contributed by atoms with Gasteiger partial charge in [-0.25, -0.2) is 4.39 Å². The molecule has 1 aliphatic heterocycles. The number of carbonyl (C=O) groups is 1. The lowest BCUT2D eigenvalue weighted by molar-refractivity contribution is 0.0854. The minimum Gasteiger partial charge on any atom is -0.316 e. The topological polar surface area (TPSA) is 29.1 Å². The summed E-state index contributed by atoms with van der Waals surface area (Å²) in [5.74, 6) is 0.313. The molecule has 0 aliphatic carbocycles. The molecule has 0 radical (unpaired) electrons. The number of rotatable bonds is 3. The second-order valence-corrected chi connectivity index (χ2v) is 4.54. The lowest BCUT2D eigenvalue weighted by Gasteiger charge is -2.31. The van der Waals surface area contributed by atoms with Gasteiger partial charge < -0.3 is 5.32 Å². The number of carbonyl (C=O) groups excluding carboxylic acids is 1. The first kappa shape index (κ1) is 11.3. The minimum atomic E-state index is -0.255. The van der Waals surface area contributed by atoms with Crippen molar-refractivity contribution < 1.29 is 9.18 Å². The molecule has 1 unspecified atom stereocenters. The van der Waals surface area contributed by atoms with Gasteiger partial charge in [0.1, 0.15) is 5.82 Å². The summed E-state index contributed by atoms with van der Waals surface area (Å²) in [6.45, 7) is 5.45. The average Bonchev–Trinajstić information content (AvgIpc) is 2.18. The first-order chi connectivity index (χ1) is 7.59. The Morgan fingerprint density at radius 2 is 2.19 bits per heavy atom. The van der Waals surface area contributed by atoms with Crippen LogP contribution in [0, 0.1) is 24.6 Å². The molecule has 86 valence electrons. The van der Waals surface area contributed by atoms with Gasteiger partial charge in [0.05, 0.1) is 0 Å². The molecule has 0 aromatic heterocycles. The van der Waals surface area contributed by atoms with Crippen LogP contribution >= 0.6 is 0 Å². The summed E-state index contributed by atoms with van der Waals surface area (Å²) < 4.78 is 13.1. The molecule has 0 spiro atoms. The third-order valence-electron chi connectivity index (χ3n) is 3.38. The highest BCUT2D eigenvalue weighted by Gasteiger charge is 2.29. The van der Waals surface area contributed by atoms with E-state index in [2.05, 4.69) is 5.32 Å². The summed E-state index contributed by atoms with van der Waals surface area (Å²) in [7, 11) is 0. The van der Waals surface area contributed by atoms with Gasteiger partial charge in [0, 0.05) is 11.5 Å². The third-order valence-corrected chi connectivity index (χ3v) is 3.38. The highest BCUT2D eigenvalue weighted by Crippen LogP contribution is 2.21. The van der Waals surface area contributed by atoms with Crippen molar-refractivity contribution in [3.05, 3.63) is 35.1 Å². The zero-order chi connectivity index (χ0) is 11.7. The molecule has 1 aromatic rings. The maximum Gasteiger partial charge on any atom is 0.166 e. The van der Waals surface area contributed by atoms with Crippen LogP contribution in [-0.4, -0.2) is 18.9 Å². The van der Waals surface area contributed by atoms with Crippen molar-refractivity contribution in [2.45, 2.75) is 13.8 Å². The van der Waals surface area contributed by atoms with E-state index in [1.807, 2.05) is 6.92 Å². The van der Waals surface area contributed by atoms with E-state index in [1.165, 1.54) is 6.07 Å². The molecule has 1 heterocycles. The van der Waals surface area contributed by atoms with Crippen LogP contribution in [0.2, 0.25) is 0 Å². The number of Topliss-reactive ketones (excluding diaryl/α,β-unsaturated/α-hetero) is 1. The molecule has 1 atom stereocenters. The van der Waals surface area contributed by atoms with Crippen LogP contribution in [0.3, 0.4) is 0 Å². The van der Waals surface area contributed by atoms with Gasteiger partial charge in [-0.15, -0.1) is 0 Å². The Balaban J connectivity index is 2.16. The Bertz CT molecular complexity index is 412. The van der Waals surface area contributed by atoms with E-state index in [0.717, 1.165) is 13.1 Å². The quantitative estimate of drug-likeness (QED) is 0.792. The van der Waals surface area contributed by atoms with Crippen LogP contribution in [0.4, 0.5) is 4.39 Å². The fourth-order valence-electron chi connectivity index (χ4n) is 1.94. The first-order valence-electron chi connectivity index (χ1n) is 5.60. The molecule has 1 fully saturated rings. The number of aryl methyl sites for hydroxylation is 1. The highest BCUT2D eigenvalue weighted by molar-refractivity contribution is 5.98. The molecule has 1 aromatic carbocycles. The van der Waals surface area contributed by atoms with Crippen molar-refractivity contribution in [2.24, 2.45) is 11.8 Å². The molecule has 3 heteroatoms. The van der Waals surface area contributed by atoms with Gasteiger partial charge in [-0.3, -0.25) is 4.79 Å². The van der Waals surface area contributed by atoms with Gasteiger partial charge in [0.2, 0.25) is 0 Å². The molecule has 1 aliphatic rings. The Labute approximate surface area is 94.9 Å². The number of hydrogen-bond acceptors (Lipinski definition) is 2. The second-order valence-electron chi connectivity index (χ2n) is 4.54. The fourth-order valence-corrected chi connectivity index (χ4v) is 1.94.